The van der Waals surface area contributed by atoms with E-state index in [-0.39, 0.29) is 11.7 Å². The predicted molar refractivity (Wildman–Crippen MR) is 90.1 cm³/mol. The zero-order valence-electron chi connectivity index (χ0n) is 13.1. The van der Waals surface area contributed by atoms with Gasteiger partial charge in [0.05, 0.1) is 5.69 Å². The fraction of sp³-hybridized carbons (Fsp3) is 0.278. The average molecular weight is 313 g/mol. The fourth-order valence-corrected chi connectivity index (χ4v) is 2.81. The van der Waals surface area contributed by atoms with Crippen LogP contribution in [0.15, 0.2) is 42.5 Å². The maximum absolute atomic E-state index is 13.8. The second-order valence-corrected chi connectivity index (χ2v) is 5.80. The average Bonchev–Trinajstić information content (AvgIpc) is 2.57. The van der Waals surface area contributed by atoms with Gasteiger partial charge in [-0.05, 0) is 36.8 Å². The molecule has 0 aromatic heterocycles. The molecule has 1 saturated heterocycles. The zero-order chi connectivity index (χ0) is 16.4. The summed E-state index contributed by atoms with van der Waals surface area (Å²) in [6, 6.07) is 12.1. The molecule has 120 valence electrons. The van der Waals surface area contributed by atoms with Crippen molar-refractivity contribution in [3.05, 3.63) is 59.4 Å². The number of aryl methyl sites for hydroxylation is 1. The molecule has 0 aliphatic carbocycles. The van der Waals surface area contributed by atoms with Gasteiger partial charge in [-0.2, -0.15) is 0 Å². The third-order valence-corrected chi connectivity index (χ3v) is 4.29. The molecule has 2 aromatic rings. The number of carbonyl (C=O) groups is 1. The number of anilines is 2. The minimum atomic E-state index is -0.224. The maximum Gasteiger partial charge on any atom is 0.254 e. The number of piperazine rings is 1. The van der Waals surface area contributed by atoms with E-state index in [0.29, 0.717) is 43.1 Å². The Morgan fingerprint density at radius 2 is 1.78 bits per heavy atom. The lowest BCUT2D eigenvalue weighted by atomic mass is 10.1. The molecule has 1 aliphatic rings. The number of nitrogen functional groups attached to an aromatic ring is 1. The summed E-state index contributed by atoms with van der Waals surface area (Å²) in [6.45, 7) is 4.29. The number of rotatable bonds is 2. The molecule has 0 radical (unpaired) electrons. The Labute approximate surface area is 135 Å². The standard InChI is InChI=1S/C18H20FN3O/c1-13-6-7-14(12-16(13)20)18(23)22-10-8-21(9-11-22)17-5-3-2-4-15(17)19/h2-7,12H,8-11,20H2,1H3. The molecule has 3 rings (SSSR count). The van der Waals surface area contributed by atoms with Gasteiger partial charge in [0.25, 0.3) is 5.91 Å². The van der Waals surface area contributed by atoms with E-state index in [1.54, 1.807) is 29.2 Å². The largest absolute Gasteiger partial charge is 0.398 e. The molecule has 1 heterocycles. The first kappa shape index (κ1) is 15.3. The summed E-state index contributed by atoms with van der Waals surface area (Å²) in [5.74, 6) is -0.247. The summed E-state index contributed by atoms with van der Waals surface area (Å²) in [5, 5.41) is 0. The molecule has 0 bridgehead atoms. The van der Waals surface area contributed by atoms with Crippen molar-refractivity contribution in [3.63, 3.8) is 0 Å². The van der Waals surface area contributed by atoms with Crippen molar-refractivity contribution in [1.29, 1.82) is 0 Å². The molecule has 0 unspecified atom stereocenters. The van der Waals surface area contributed by atoms with Gasteiger partial charge < -0.3 is 15.5 Å². The minimum Gasteiger partial charge on any atom is -0.398 e. The van der Waals surface area contributed by atoms with Crippen LogP contribution in [0, 0.1) is 12.7 Å². The van der Waals surface area contributed by atoms with Crippen LogP contribution in [0.3, 0.4) is 0 Å². The highest BCUT2D eigenvalue weighted by atomic mass is 19.1. The lowest BCUT2D eigenvalue weighted by Crippen LogP contribution is -2.49. The van der Waals surface area contributed by atoms with Crippen molar-refractivity contribution in [2.24, 2.45) is 0 Å². The monoisotopic (exact) mass is 313 g/mol. The lowest BCUT2D eigenvalue weighted by molar-refractivity contribution is 0.0746. The Morgan fingerprint density at radius 1 is 1.09 bits per heavy atom. The third-order valence-electron chi connectivity index (χ3n) is 4.29. The number of nitrogens with zero attached hydrogens (tertiary/aromatic N) is 2. The van der Waals surface area contributed by atoms with Crippen LogP contribution in [-0.4, -0.2) is 37.0 Å². The van der Waals surface area contributed by atoms with E-state index >= 15 is 0 Å². The third kappa shape index (κ3) is 3.13. The molecule has 0 atom stereocenters. The Hall–Kier alpha value is -2.56. The molecule has 2 N–H and O–H groups in total. The highest BCUT2D eigenvalue weighted by Gasteiger charge is 2.23. The van der Waals surface area contributed by atoms with Crippen LogP contribution >= 0.6 is 0 Å². The van der Waals surface area contributed by atoms with E-state index in [9.17, 15) is 9.18 Å². The van der Waals surface area contributed by atoms with Crippen molar-refractivity contribution in [1.82, 2.24) is 4.90 Å². The summed E-state index contributed by atoms with van der Waals surface area (Å²) in [4.78, 5) is 16.3. The molecule has 4 nitrogen and oxygen atoms in total. The molecule has 2 aromatic carbocycles. The first-order valence-corrected chi connectivity index (χ1v) is 7.71. The Kier molecular flexibility index (Phi) is 4.19. The summed E-state index contributed by atoms with van der Waals surface area (Å²) >= 11 is 0. The molecular formula is C18H20FN3O. The number of halogens is 1. The summed E-state index contributed by atoms with van der Waals surface area (Å²) in [7, 11) is 0. The fourth-order valence-electron chi connectivity index (χ4n) is 2.81. The molecule has 0 spiro atoms. The first-order valence-electron chi connectivity index (χ1n) is 7.71. The van der Waals surface area contributed by atoms with Crippen molar-refractivity contribution >= 4 is 17.3 Å². The number of hydrogen-bond acceptors (Lipinski definition) is 3. The van der Waals surface area contributed by atoms with Gasteiger partial charge in [-0.3, -0.25) is 4.79 Å². The van der Waals surface area contributed by atoms with Gasteiger partial charge in [-0.1, -0.05) is 18.2 Å². The molecule has 1 aliphatic heterocycles. The minimum absolute atomic E-state index is 0.0233. The van der Waals surface area contributed by atoms with Crippen LogP contribution < -0.4 is 10.6 Å². The van der Waals surface area contributed by atoms with Crippen LogP contribution in [0.2, 0.25) is 0 Å². The highest BCUT2D eigenvalue weighted by Crippen LogP contribution is 2.21. The smallest absolute Gasteiger partial charge is 0.254 e. The number of amides is 1. The van der Waals surface area contributed by atoms with Crippen molar-refractivity contribution in [2.45, 2.75) is 6.92 Å². The molecule has 23 heavy (non-hydrogen) atoms. The van der Waals surface area contributed by atoms with Gasteiger partial charge in [0.1, 0.15) is 5.82 Å². The van der Waals surface area contributed by atoms with Crippen LogP contribution in [-0.2, 0) is 0 Å². The normalized spacial score (nSPS) is 14.9. The highest BCUT2D eigenvalue weighted by molar-refractivity contribution is 5.95. The Balaban J connectivity index is 1.68. The second-order valence-electron chi connectivity index (χ2n) is 5.80. The van der Waals surface area contributed by atoms with Gasteiger partial charge in [-0.25, -0.2) is 4.39 Å². The van der Waals surface area contributed by atoms with Gasteiger partial charge in [0, 0.05) is 37.4 Å². The molecule has 5 heteroatoms. The van der Waals surface area contributed by atoms with Crippen LogP contribution in [0.1, 0.15) is 15.9 Å². The SMILES string of the molecule is Cc1ccc(C(=O)N2CCN(c3ccccc3F)CC2)cc1N. The van der Waals surface area contributed by atoms with E-state index < -0.39 is 0 Å². The number of hydrogen-bond donors (Lipinski definition) is 1. The van der Waals surface area contributed by atoms with Crippen molar-refractivity contribution in [2.75, 3.05) is 36.8 Å². The lowest BCUT2D eigenvalue weighted by Gasteiger charge is -2.36. The first-order chi connectivity index (χ1) is 11.1. The van der Waals surface area contributed by atoms with Gasteiger partial charge >= 0.3 is 0 Å². The number of benzene rings is 2. The van der Waals surface area contributed by atoms with Crippen LogP contribution in [0.25, 0.3) is 0 Å². The number of nitrogens with two attached hydrogens (primary N) is 1. The van der Waals surface area contributed by atoms with E-state index in [4.69, 9.17) is 5.73 Å². The Morgan fingerprint density at radius 3 is 2.43 bits per heavy atom. The second kappa shape index (κ2) is 6.28. The Bertz CT molecular complexity index is 724. The van der Waals surface area contributed by atoms with Gasteiger partial charge in [-0.15, -0.1) is 0 Å². The number of para-hydroxylation sites is 1. The number of carbonyl (C=O) groups excluding carboxylic acids is 1. The predicted octanol–water partition coefficient (Wildman–Crippen LogP) is 2.68. The molecular weight excluding hydrogens is 293 g/mol. The van der Waals surface area contributed by atoms with E-state index in [0.717, 1.165) is 5.56 Å². The maximum atomic E-state index is 13.8. The summed E-state index contributed by atoms with van der Waals surface area (Å²) in [5.41, 5.74) is 8.67. The van der Waals surface area contributed by atoms with E-state index in [2.05, 4.69) is 0 Å². The van der Waals surface area contributed by atoms with E-state index in [1.807, 2.05) is 24.0 Å². The molecule has 1 fully saturated rings. The molecule has 0 saturated carbocycles. The van der Waals surface area contributed by atoms with Crippen LogP contribution in [0.5, 0.6) is 0 Å². The summed E-state index contributed by atoms with van der Waals surface area (Å²) in [6.07, 6.45) is 0. The van der Waals surface area contributed by atoms with Gasteiger partial charge in [0.2, 0.25) is 0 Å². The summed E-state index contributed by atoms with van der Waals surface area (Å²) < 4.78 is 13.8. The van der Waals surface area contributed by atoms with Crippen LogP contribution in [0.4, 0.5) is 15.8 Å². The topological polar surface area (TPSA) is 49.6 Å². The van der Waals surface area contributed by atoms with Gasteiger partial charge in [0.15, 0.2) is 0 Å². The zero-order valence-corrected chi connectivity index (χ0v) is 13.1. The van der Waals surface area contributed by atoms with E-state index in [1.165, 1.54) is 6.07 Å². The van der Waals surface area contributed by atoms with Crippen molar-refractivity contribution < 1.29 is 9.18 Å². The van der Waals surface area contributed by atoms with Crippen molar-refractivity contribution in [3.8, 4) is 0 Å². The molecule has 1 amide bonds. The quantitative estimate of drug-likeness (QED) is 0.867.